The molecule has 6 heteroatoms. The molecule has 0 atom stereocenters. The van der Waals surface area contributed by atoms with Crippen LogP contribution in [0.4, 0.5) is 8.78 Å². The van der Waals surface area contributed by atoms with Gasteiger partial charge in [0.1, 0.15) is 16.5 Å². The summed E-state index contributed by atoms with van der Waals surface area (Å²) in [5.41, 5.74) is 0.259. The predicted octanol–water partition coefficient (Wildman–Crippen LogP) is 3.00. The molecule has 0 aliphatic carbocycles. The molecule has 0 spiro atoms. The van der Waals surface area contributed by atoms with Gasteiger partial charge in [0.15, 0.2) is 0 Å². The molecule has 2 aromatic rings. The Hall–Kier alpha value is -1.69. The topological polar surface area (TPSA) is 42.9 Å². The summed E-state index contributed by atoms with van der Waals surface area (Å²) in [6, 6.07) is 2.81. The van der Waals surface area contributed by atoms with Crippen LogP contribution in [-0.2, 0) is 6.42 Å². The number of carbonyl (C=O) groups is 1. The lowest BCUT2D eigenvalue weighted by molar-refractivity contribution is 0.103. The first-order valence-corrected chi connectivity index (χ1v) is 6.21. The lowest BCUT2D eigenvalue weighted by atomic mass is 10.1. The maximum absolute atomic E-state index is 13.5. The average molecular weight is 268 g/mol. The highest BCUT2D eigenvalue weighted by Gasteiger charge is 2.21. The van der Waals surface area contributed by atoms with E-state index in [1.807, 2.05) is 6.92 Å². The van der Waals surface area contributed by atoms with Gasteiger partial charge < -0.3 is 0 Å². The van der Waals surface area contributed by atoms with Gasteiger partial charge in [0.05, 0.1) is 11.3 Å². The molecule has 0 aliphatic rings. The van der Waals surface area contributed by atoms with Crippen molar-refractivity contribution in [2.75, 3.05) is 0 Å². The minimum absolute atomic E-state index is 0.279. The van der Waals surface area contributed by atoms with E-state index in [-0.39, 0.29) is 10.4 Å². The quantitative estimate of drug-likeness (QED) is 0.800. The molecule has 0 saturated heterocycles. The predicted molar refractivity (Wildman–Crippen MR) is 63.7 cm³/mol. The Balaban J connectivity index is 2.41. The van der Waals surface area contributed by atoms with Gasteiger partial charge in [0.2, 0.25) is 5.78 Å². The van der Waals surface area contributed by atoms with Crippen LogP contribution in [0, 0.1) is 11.6 Å². The molecule has 0 radical (unpaired) electrons. The minimum Gasteiger partial charge on any atom is -0.287 e. The van der Waals surface area contributed by atoms with Crippen molar-refractivity contribution in [2.24, 2.45) is 0 Å². The van der Waals surface area contributed by atoms with Crippen LogP contribution < -0.4 is 0 Å². The zero-order chi connectivity index (χ0) is 13.1. The number of ketones is 1. The highest BCUT2D eigenvalue weighted by Crippen LogP contribution is 2.20. The summed E-state index contributed by atoms with van der Waals surface area (Å²) in [7, 11) is 0. The number of hydrogen-bond donors (Lipinski definition) is 0. The summed E-state index contributed by atoms with van der Waals surface area (Å²) >= 11 is 0.907. The molecule has 0 unspecified atom stereocenters. The summed E-state index contributed by atoms with van der Waals surface area (Å²) in [6.45, 7) is 1.94. The van der Waals surface area contributed by atoms with Crippen LogP contribution in [0.25, 0.3) is 0 Å². The Morgan fingerprint density at radius 3 is 2.89 bits per heavy atom. The third kappa shape index (κ3) is 2.43. The van der Waals surface area contributed by atoms with Gasteiger partial charge in [0, 0.05) is 0 Å². The molecular formula is C12H10F2N2OS. The van der Waals surface area contributed by atoms with E-state index in [4.69, 9.17) is 0 Å². The highest BCUT2D eigenvalue weighted by atomic mass is 32.1. The number of halogens is 2. The molecule has 2 rings (SSSR count). The SMILES string of the molecule is CCCc1nnsc1C(=O)c1cc(F)ccc1F. The third-order valence-electron chi connectivity index (χ3n) is 2.42. The van der Waals surface area contributed by atoms with Crippen molar-refractivity contribution >= 4 is 17.3 Å². The van der Waals surface area contributed by atoms with E-state index in [9.17, 15) is 13.6 Å². The van der Waals surface area contributed by atoms with Crippen LogP contribution in [0.1, 0.15) is 34.3 Å². The number of nitrogens with zero attached hydrogens (tertiary/aromatic N) is 2. The number of aromatic nitrogens is 2. The fourth-order valence-electron chi connectivity index (χ4n) is 1.58. The Kier molecular flexibility index (Phi) is 3.76. The van der Waals surface area contributed by atoms with Gasteiger partial charge in [-0.25, -0.2) is 8.78 Å². The lowest BCUT2D eigenvalue weighted by Crippen LogP contribution is -2.06. The van der Waals surface area contributed by atoms with E-state index in [0.717, 1.165) is 36.2 Å². The first-order chi connectivity index (χ1) is 8.63. The molecule has 0 amide bonds. The highest BCUT2D eigenvalue weighted by molar-refractivity contribution is 7.08. The maximum atomic E-state index is 13.5. The molecule has 1 aromatic carbocycles. The molecule has 3 nitrogen and oxygen atoms in total. The van der Waals surface area contributed by atoms with Crippen LogP contribution in [-0.4, -0.2) is 15.4 Å². The van der Waals surface area contributed by atoms with E-state index in [1.54, 1.807) is 0 Å². The number of benzene rings is 1. The van der Waals surface area contributed by atoms with Crippen LogP contribution in [0.5, 0.6) is 0 Å². The smallest absolute Gasteiger partial charge is 0.209 e. The summed E-state index contributed by atoms with van der Waals surface area (Å²) in [4.78, 5) is 12.4. The van der Waals surface area contributed by atoms with Crippen molar-refractivity contribution < 1.29 is 13.6 Å². The number of rotatable bonds is 4. The average Bonchev–Trinajstić information content (AvgIpc) is 2.80. The molecule has 94 valence electrons. The molecular weight excluding hydrogens is 258 g/mol. The van der Waals surface area contributed by atoms with Crippen molar-refractivity contribution in [3.63, 3.8) is 0 Å². The van der Waals surface area contributed by atoms with Gasteiger partial charge in [0.25, 0.3) is 0 Å². The molecule has 0 N–H and O–H groups in total. The summed E-state index contributed by atoms with van der Waals surface area (Å²) < 4.78 is 30.3. The van der Waals surface area contributed by atoms with Crippen LogP contribution >= 0.6 is 11.5 Å². The zero-order valence-electron chi connectivity index (χ0n) is 9.61. The molecule has 0 aliphatic heterocycles. The molecule has 0 saturated carbocycles. The lowest BCUT2D eigenvalue weighted by Gasteiger charge is -2.02. The van der Waals surface area contributed by atoms with E-state index in [1.165, 1.54) is 0 Å². The molecule has 0 bridgehead atoms. The van der Waals surface area contributed by atoms with Gasteiger partial charge >= 0.3 is 0 Å². The van der Waals surface area contributed by atoms with Gasteiger partial charge in [-0.2, -0.15) is 0 Å². The Morgan fingerprint density at radius 1 is 1.39 bits per heavy atom. The number of carbonyl (C=O) groups excluding carboxylic acids is 1. The van der Waals surface area contributed by atoms with E-state index in [2.05, 4.69) is 9.59 Å². The van der Waals surface area contributed by atoms with E-state index < -0.39 is 17.4 Å². The fraction of sp³-hybridized carbons (Fsp3) is 0.250. The second-order valence-electron chi connectivity index (χ2n) is 3.75. The Morgan fingerprint density at radius 2 is 2.17 bits per heavy atom. The first-order valence-electron chi connectivity index (χ1n) is 5.44. The normalized spacial score (nSPS) is 10.6. The zero-order valence-corrected chi connectivity index (χ0v) is 10.4. The third-order valence-corrected chi connectivity index (χ3v) is 3.19. The molecule has 1 heterocycles. The number of aryl methyl sites for hydroxylation is 1. The Bertz CT molecular complexity index is 583. The van der Waals surface area contributed by atoms with E-state index >= 15 is 0 Å². The van der Waals surface area contributed by atoms with Crippen molar-refractivity contribution in [2.45, 2.75) is 19.8 Å². The van der Waals surface area contributed by atoms with Gasteiger partial charge in [-0.3, -0.25) is 4.79 Å². The standard InChI is InChI=1S/C12H10F2N2OS/c1-2-3-10-12(18-16-15-10)11(17)8-6-7(13)4-5-9(8)14/h4-6H,2-3H2,1H3. The molecule has 18 heavy (non-hydrogen) atoms. The molecule has 1 aromatic heterocycles. The summed E-state index contributed by atoms with van der Waals surface area (Å²) in [5, 5.41) is 3.84. The maximum Gasteiger partial charge on any atom is 0.209 e. The Labute approximate surface area is 107 Å². The van der Waals surface area contributed by atoms with Crippen molar-refractivity contribution in [3.05, 3.63) is 46.0 Å². The van der Waals surface area contributed by atoms with Crippen LogP contribution in [0.2, 0.25) is 0 Å². The minimum atomic E-state index is -0.739. The van der Waals surface area contributed by atoms with Crippen molar-refractivity contribution in [1.82, 2.24) is 9.59 Å². The fourth-order valence-corrected chi connectivity index (χ4v) is 2.24. The number of hydrogen-bond acceptors (Lipinski definition) is 4. The van der Waals surface area contributed by atoms with Crippen molar-refractivity contribution in [1.29, 1.82) is 0 Å². The van der Waals surface area contributed by atoms with Gasteiger partial charge in [-0.15, -0.1) is 5.10 Å². The molecule has 0 fully saturated rings. The second kappa shape index (κ2) is 5.30. The van der Waals surface area contributed by atoms with Gasteiger partial charge in [-0.05, 0) is 36.2 Å². The van der Waals surface area contributed by atoms with Crippen LogP contribution in [0.15, 0.2) is 18.2 Å². The largest absolute Gasteiger partial charge is 0.287 e. The second-order valence-corrected chi connectivity index (χ2v) is 4.51. The van der Waals surface area contributed by atoms with Crippen molar-refractivity contribution in [3.8, 4) is 0 Å². The van der Waals surface area contributed by atoms with E-state index in [0.29, 0.717) is 12.1 Å². The first kappa shape index (κ1) is 12.8. The summed E-state index contributed by atoms with van der Waals surface area (Å²) in [5.74, 6) is -1.95. The monoisotopic (exact) mass is 268 g/mol. The van der Waals surface area contributed by atoms with Crippen LogP contribution in [0.3, 0.4) is 0 Å². The van der Waals surface area contributed by atoms with Gasteiger partial charge in [-0.1, -0.05) is 17.8 Å². The summed E-state index contributed by atoms with van der Waals surface area (Å²) in [6.07, 6.45) is 1.39.